The molecule has 0 saturated carbocycles. The number of unbranched alkanes of at least 4 members (excludes halogenated alkanes) is 14. The molecule has 4 heteroatoms. The van der Waals surface area contributed by atoms with Crippen molar-refractivity contribution in [1.82, 2.24) is 4.98 Å². The largest absolute Gasteiger partial charge is 0.511 e. The van der Waals surface area contributed by atoms with E-state index in [2.05, 4.69) is 18.0 Å². The number of carboxylic acid groups (broad SMARTS) is 1. The minimum absolute atomic E-state index is 0.368. The monoisotopic (exact) mass is 415 g/mol. The van der Waals surface area contributed by atoms with E-state index in [9.17, 15) is 4.79 Å². The third-order valence-corrected chi connectivity index (χ3v) is 5.90. The topological polar surface area (TPSA) is 62.3 Å². The van der Waals surface area contributed by atoms with Gasteiger partial charge in [-0.25, -0.2) is 4.79 Å². The van der Waals surface area contributed by atoms with Crippen molar-refractivity contribution in [3.05, 3.63) is 30.0 Å². The van der Waals surface area contributed by atoms with Crippen molar-refractivity contribution >= 4 is 17.1 Å². The molecule has 0 atom stereocenters. The molecule has 2 rings (SSSR count). The molecule has 0 radical (unpaired) electrons. The first-order chi connectivity index (χ1) is 14.7. The minimum atomic E-state index is -1.28. The van der Waals surface area contributed by atoms with E-state index >= 15 is 0 Å². The number of aromatic nitrogens is 1. The number of nitrogens with one attached hydrogen (secondary N) is 1. The van der Waals surface area contributed by atoms with Gasteiger partial charge in [0.2, 0.25) is 0 Å². The van der Waals surface area contributed by atoms with Crippen molar-refractivity contribution in [3.63, 3.8) is 0 Å². The van der Waals surface area contributed by atoms with Crippen LogP contribution < -0.4 is 4.74 Å². The van der Waals surface area contributed by atoms with Gasteiger partial charge >= 0.3 is 6.16 Å². The summed E-state index contributed by atoms with van der Waals surface area (Å²) in [4.78, 5) is 14.1. The van der Waals surface area contributed by atoms with E-state index in [1.807, 2.05) is 6.07 Å². The summed E-state index contributed by atoms with van der Waals surface area (Å²) in [5.41, 5.74) is 2.25. The van der Waals surface area contributed by atoms with Crippen LogP contribution in [0.1, 0.15) is 109 Å². The minimum Gasteiger partial charge on any atom is -0.449 e. The predicted octanol–water partition coefficient (Wildman–Crippen LogP) is 8.64. The molecule has 1 aromatic heterocycles. The number of hydrogen-bond donors (Lipinski definition) is 2. The van der Waals surface area contributed by atoms with Crippen molar-refractivity contribution in [2.45, 2.75) is 110 Å². The molecule has 2 N–H and O–H groups in total. The first-order valence-electron chi connectivity index (χ1n) is 12.2. The lowest BCUT2D eigenvalue weighted by atomic mass is 10.0. The summed E-state index contributed by atoms with van der Waals surface area (Å²) < 4.78 is 4.72. The van der Waals surface area contributed by atoms with Crippen LogP contribution in [0.4, 0.5) is 4.79 Å². The molecule has 4 nitrogen and oxygen atoms in total. The van der Waals surface area contributed by atoms with Crippen LogP contribution in [-0.2, 0) is 6.42 Å². The Labute approximate surface area is 182 Å². The third kappa shape index (κ3) is 10.2. The number of H-pyrrole nitrogens is 1. The van der Waals surface area contributed by atoms with Crippen molar-refractivity contribution in [3.8, 4) is 5.75 Å². The molecule has 0 fully saturated rings. The van der Waals surface area contributed by atoms with Crippen molar-refractivity contribution in [2.24, 2.45) is 0 Å². The van der Waals surface area contributed by atoms with Crippen LogP contribution in [0.5, 0.6) is 5.75 Å². The molecule has 0 aliphatic rings. The van der Waals surface area contributed by atoms with E-state index in [4.69, 9.17) is 9.84 Å². The molecule has 0 bridgehead atoms. The number of aryl methyl sites for hydroxylation is 1. The molecule has 0 aliphatic heterocycles. The normalized spacial score (nSPS) is 11.2. The Hall–Kier alpha value is -1.97. The van der Waals surface area contributed by atoms with Crippen LogP contribution in [0.15, 0.2) is 24.3 Å². The number of rotatable bonds is 17. The summed E-state index contributed by atoms with van der Waals surface area (Å²) in [6.07, 6.45) is 20.5. The highest BCUT2D eigenvalue weighted by Crippen LogP contribution is 2.23. The lowest BCUT2D eigenvalue weighted by Crippen LogP contribution is -2.02. The zero-order valence-electron chi connectivity index (χ0n) is 18.9. The van der Waals surface area contributed by atoms with Gasteiger partial charge in [0.25, 0.3) is 0 Å². The number of benzene rings is 1. The molecular formula is C26H41NO3. The van der Waals surface area contributed by atoms with E-state index in [1.54, 1.807) is 12.1 Å². The van der Waals surface area contributed by atoms with E-state index in [0.717, 1.165) is 17.3 Å². The highest BCUT2D eigenvalue weighted by atomic mass is 16.7. The molecule has 2 aromatic rings. The SMILES string of the molecule is CCCCCCCCCCCCCCCCCc1cc2cc(OC(=O)O)ccc2[nH]1. The molecule has 1 aromatic carbocycles. The van der Waals surface area contributed by atoms with Gasteiger partial charge in [0.15, 0.2) is 0 Å². The highest BCUT2D eigenvalue weighted by Gasteiger charge is 2.05. The summed E-state index contributed by atoms with van der Waals surface area (Å²) in [6, 6.07) is 7.44. The second kappa shape index (κ2) is 14.9. The van der Waals surface area contributed by atoms with Gasteiger partial charge in [-0.05, 0) is 37.1 Å². The zero-order chi connectivity index (χ0) is 21.4. The van der Waals surface area contributed by atoms with Gasteiger partial charge in [-0.15, -0.1) is 0 Å². The molecule has 168 valence electrons. The van der Waals surface area contributed by atoms with Crippen LogP contribution in [0.3, 0.4) is 0 Å². The van der Waals surface area contributed by atoms with Gasteiger partial charge in [-0.2, -0.15) is 0 Å². The maximum absolute atomic E-state index is 10.6. The summed E-state index contributed by atoms with van der Waals surface area (Å²) in [5, 5.41) is 9.72. The summed E-state index contributed by atoms with van der Waals surface area (Å²) in [6.45, 7) is 2.28. The molecule has 0 amide bonds. The Balaban J connectivity index is 1.45. The number of aromatic amines is 1. The van der Waals surface area contributed by atoms with Gasteiger partial charge < -0.3 is 14.8 Å². The number of carbonyl (C=O) groups is 1. The second-order valence-corrected chi connectivity index (χ2v) is 8.61. The number of ether oxygens (including phenoxy) is 1. The lowest BCUT2D eigenvalue weighted by molar-refractivity contribution is 0.144. The van der Waals surface area contributed by atoms with E-state index in [0.29, 0.717) is 5.75 Å². The Morgan fingerprint density at radius 2 is 1.33 bits per heavy atom. The first-order valence-corrected chi connectivity index (χ1v) is 12.2. The van der Waals surface area contributed by atoms with Crippen LogP contribution in [-0.4, -0.2) is 16.2 Å². The predicted molar refractivity (Wildman–Crippen MR) is 126 cm³/mol. The van der Waals surface area contributed by atoms with Gasteiger partial charge in [0.05, 0.1) is 0 Å². The molecule has 0 aliphatic carbocycles. The standard InChI is InChI=1S/C26H41NO3/c1-2-3-4-5-6-7-8-9-10-11-12-13-14-15-16-17-23-20-22-21-24(30-26(28)29)18-19-25(22)27-23/h18-21,27H,2-17H2,1H3,(H,28,29). The average Bonchev–Trinajstić information content (AvgIpc) is 3.12. The van der Waals surface area contributed by atoms with Crippen LogP contribution in [0, 0.1) is 0 Å². The summed E-state index contributed by atoms with van der Waals surface area (Å²) in [7, 11) is 0. The fraction of sp³-hybridized carbons (Fsp3) is 0.654. The second-order valence-electron chi connectivity index (χ2n) is 8.61. The maximum Gasteiger partial charge on any atom is 0.511 e. The van der Waals surface area contributed by atoms with Gasteiger partial charge in [-0.1, -0.05) is 96.8 Å². The number of fused-ring (bicyclic) bond motifs is 1. The first kappa shape index (κ1) is 24.3. The molecular weight excluding hydrogens is 374 g/mol. The Morgan fingerprint density at radius 1 is 0.800 bits per heavy atom. The maximum atomic E-state index is 10.6. The summed E-state index contributed by atoms with van der Waals surface area (Å²) >= 11 is 0. The fourth-order valence-electron chi connectivity index (χ4n) is 4.16. The quantitative estimate of drug-likeness (QED) is 0.154. The van der Waals surface area contributed by atoms with Crippen LogP contribution >= 0.6 is 0 Å². The molecule has 0 saturated heterocycles. The molecule has 0 spiro atoms. The van der Waals surface area contributed by atoms with Crippen LogP contribution in [0.25, 0.3) is 10.9 Å². The van der Waals surface area contributed by atoms with E-state index in [1.165, 1.54) is 102 Å². The zero-order valence-corrected chi connectivity index (χ0v) is 18.9. The lowest BCUT2D eigenvalue weighted by Gasteiger charge is -2.03. The molecule has 30 heavy (non-hydrogen) atoms. The fourth-order valence-corrected chi connectivity index (χ4v) is 4.16. The van der Waals surface area contributed by atoms with Crippen molar-refractivity contribution in [1.29, 1.82) is 0 Å². The smallest absolute Gasteiger partial charge is 0.449 e. The van der Waals surface area contributed by atoms with Crippen LogP contribution in [0.2, 0.25) is 0 Å². The van der Waals surface area contributed by atoms with Gasteiger partial charge in [-0.3, -0.25) is 0 Å². The highest BCUT2D eigenvalue weighted by molar-refractivity contribution is 5.82. The Morgan fingerprint density at radius 3 is 1.87 bits per heavy atom. The Bertz CT molecular complexity index is 722. The van der Waals surface area contributed by atoms with Gasteiger partial charge in [0, 0.05) is 16.6 Å². The molecule has 1 heterocycles. The van der Waals surface area contributed by atoms with Gasteiger partial charge in [0.1, 0.15) is 5.75 Å². The third-order valence-electron chi connectivity index (χ3n) is 5.90. The van der Waals surface area contributed by atoms with E-state index < -0.39 is 6.16 Å². The average molecular weight is 416 g/mol. The van der Waals surface area contributed by atoms with Crippen molar-refractivity contribution in [2.75, 3.05) is 0 Å². The Kier molecular flexibility index (Phi) is 12.1. The number of hydrogen-bond acceptors (Lipinski definition) is 2. The van der Waals surface area contributed by atoms with Crippen molar-refractivity contribution < 1.29 is 14.6 Å². The summed E-state index contributed by atoms with van der Waals surface area (Å²) in [5.74, 6) is 0.368. The van der Waals surface area contributed by atoms with E-state index in [-0.39, 0.29) is 0 Å². The molecule has 0 unspecified atom stereocenters.